The average Bonchev–Trinajstić information content (AvgIpc) is 2.38. The maximum atomic E-state index is 4.68. The Morgan fingerprint density at radius 2 is 1.88 bits per heavy atom. The van der Waals surface area contributed by atoms with Crippen LogP contribution in [0.1, 0.15) is 18.2 Å². The summed E-state index contributed by atoms with van der Waals surface area (Å²) in [7, 11) is 0. The van der Waals surface area contributed by atoms with Gasteiger partial charge < -0.3 is 0 Å². The molecule has 0 aliphatic rings. The summed E-state index contributed by atoms with van der Waals surface area (Å²) in [6.45, 7) is 4.26. The van der Waals surface area contributed by atoms with E-state index in [4.69, 9.17) is 0 Å². The molecule has 0 aliphatic carbocycles. The molecule has 0 bridgehead atoms. The standard InChI is InChI=1S/C15H14N2/c1-3-13-10(2)8-12-11-6-4-5-7-14(11)16-9-15(12)17-13/h4-9H,3H2,1-2H3. The maximum Gasteiger partial charge on any atom is 0.0895 e. The molecule has 0 saturated heterocycles. The third-order valence-corrected chi connectivity index (χ3v) is 3.20. The molecule has 0 saturated carbocycles. The highest BCUT2D eigenvalue weighted by Crippen LogP contribution is 2.24. The summed E-state index contributed by atoms with van der Waals surface area (Å²) < 4.78 is 0. The quantitative estimate of drug-likeness (QED) is 0.587. The van der Waals surface area contributed by atoms with Gasteiger partial charge in [0.15, 0.2) is 0 Å². The van der Waals surface area contributed by atoms with Crippen LogP contribution in [0, 0.1) is 6.92 Å². The highest BCUT2D eigenvalue weighted by molar-refractivity contribution is 6.04. The van der Waals surface area contributed by atoms with Crippen LogP contribution in [-0.4, -0.2) is 9.97 Å². The van der Waals surface area contributed by atoms with E-state index in [2.05, 4.69) is 35.9 Å². The van der Waals surface area contributed by atoms with Gasteiger partial charge in [-0.1, -0.05) is 25.1 Å². The smallest absolute Gasteiger partial charge is 0.0895 e. The Hall–Kier alpha value is -1.96. The van der Waals surface area contributed by atoms with E-state index in [9.17, 15) is 0 Å². The summed E-state index contributed by atoms with van der Waals surface area (Å²) in [5.41, 5.74) is 4.45. The van der Waals surface area contributed by atoms with Gasteiger partial charge in [0.25, 0.3) is 0 Å². The number of aromatic nitrogens is 2. The zero-order valence-corrected chi connectivity index (χ0v) is 10.1. The fraction of sp³-hybridized carbons (Fsp3) is 0.200. The van der Waals surface area contributed by atoms with Crippen LogP contribution in [-0.2, 0) is 6.42 Å². The number of pyridine rings is 2. The monoisotopic (exact) mass is 222 g/mol. The number of nitrogens with zero attached hydrogens (tertiary/aromatic N) is 2. The molecule has 0 atom stereocenters. The van der Waals surface area contributed by atoms with Crippen molar-refractivity contribution in [3.63, 3.8) is 0 Å². The van der Waals surface area contributed by atoms with E-state index in [1.165, 1.54) is 16.3 Å². The van der Waals surface area contributed by atoms with Crippen molar-refractivity contribution in [3.8, 4) is 0 Å². The van der Waals surface area contributed by atoms with Crippen molar-refractivity contribution in [1.82, 2.24) is 9.97 Å². The molecule has 1 aromatic carbocycles. The van der Waals surface area contributed by atoms with Gasteiger partial charge in [0, 0.05) is 16.5 Å². The van der Waals surface area contributed by atoms with Gasteiger partial charge in [-0.2, -0.15) is 0 Å². The lowest BCUT2D eigenvalue weighted by atomic mass is 10.1. The minimum Gasteiger partial charge on any atom is -0.254 e. The number of hydrogen-bond donors (Lipinski definition) is 0. The van der Waals surface area contributed by atoms with Crippen LogP contribution < -0.4 is 0 Å². The zero-order chi connectivity index (χ0) is 11.8. The molecule has 0 fully saturated rings. The molecule has 2 aromatic heterocycles. The van der Waals surface area contributed by atoms with Crippen molar-refractivity contribution in [2.24, 2.45) is 0 Å². The Balaban J connectivity index is 2.46. The first-order valence-corrected chi connectivity index (χ1v) is 5.93. The maximum absolute atomic E-state index is 4.68. The van der Waals surface area contributed by atoms with Crippen LogP contribution in [0.5, 0.6) is 0 Å². The lowest BCUT2D eigenvalue weighted by Gasteiger charge is -2.07. The summed E-state index contributed by atoms with van der Waals surface area (Å²) in [4.78, 5) is 9.13. The molecular formula is C15H14N2. The van der Waals surface area contributed by atoms with E-state index in [0.717, 1.165) is 23.1 Å². The first kappa shape index (κ1) is 10.2. The molecule has 0 aliphatic heterocycles. The summed E-state index contributed by atoms with van der Waals surface area (Å²) >= 11 is 0. The van der Waals surface area contributed by atoms with Crippen LogP contribution in [0.15, 0.2) is 36.5 Å². The summed E-state index contributed by atoms with van der Waals surface area (Å²) in [6.07, 6.45) is 2.84. The lowest BCUT2D eigenvalue weighted by molar-refractivity contribution is 1.03. The van der Waals surface area contributed by atoms with E-state index >= 15 is 0 Å². The SMILES string of the molecule is CCc1nc2cnc3ccccc3c2cc1C. The fourth-order valence-corrected chi connectivity index (χ4v) is 2.28. The first-order valence-electron chi connectivity index (χ1n) is 5.93. The predicted molar refractivity (Wildman–Crippen MR) is 71.2 cm³/mol. The van der Waals surface area contributed by atoms with Crippen LogP contribution in [0.25, 0.3) is 21.8 Å². The molecule has 84 valence electrons. The Labute approximate surface area is 100 Å². The number of para-hydroxylation sites is 1. The van der Waals surface area contributed by atoms with E-state index in [1.54, 1.807) is 0 Å². The lowest BCUT2D eigenvalue weighted by Crippen LogP contribution is -1.94. The highest BCUT2D eigenvalue weighted by atomic mass is 14.7. The van der Waals surface area contributed by atoms with Gasteiger partial charge >= 0.3 is 0 Å². The molecule has 0 spiro atoms. The van der Waals surface area contributed by atoms with E-state index in [-0.39, 0.29) is 0 Å². The number of hydrogen-bond acceptors (Lipinski definition) is 2. The molecular weight excluding hydrogens is 208 g/mol. The topological polar surface area (TPSA) is 25.8 Å². The van der Waals surface area contributed by atoms with Crippen LogP contribution >= 0.6 is 0 Å². The largest absolute Gasteiger partial charge is 0.254 e. The molecule has 3 aromatic rings. The zero-order valence-electron chi connectivity index (χ0n) is 10.1. The fourth-order valence-electron chi connectivity index (χ4n) is 2.28. The van der Waals surface area contributed by atoms with Crippen molar-refractivity contribution >= 4 is 21.8 Å². The summed E-state index contributed by atoms with van der Waals surface area (Å²) in [6, 6.07) is 10.4. The van der Waals surface area contributed by atoms with Crippen molar-refractivity contribution in [3.05, 3.63) is 47.8 Å². The van der Waals surface area contributed by atoms with Crippen molar-refractivity contribution in [2.45, 2.75) is 20.3 Å². The number of fused-ring (bicyclic) bond motifs is 3. The van der Waals surface area contributed by atoms with E-state index < -0.39 is 0 Å². The van der Waals surface area contributed by atoms with Crippen molar-refractivity contribution in [1.29, 1.82) is 0 Å². The second-order valence-corrected chi connectivity index (χ2v) is 4.31. The van der Waals surface area contributed by atoms with Gasteiger partial charge in [-0.15, -0.1) is 0 Å². The van der Waals surface area contributed by atoms with Crippen molar-refractivity contribution in [2.75, 3.05) is 0 Å². The van der Waals surface area contributed by atoms with Crippen LogP contribution in [0.4, 0.5) is 0 Å². The van der Waals surface area contributed by atoms with Crippen LogP contribution in [0.3, 0.4) is 0 Å². The van der Waals surface area contributed by atoms with Gasteiger partial charge in [0.1, 0.15) is 0 Å². The summed E-state index contributed by atoms with van der Waals surface area (Å²) in [5, 5.41) is 2.38. The van der Waals surface area contributed by atoms with E-state index in [0.29, 0.717) is 0 Å². The van der Waals surface area contributed by atoms with Gasteiger partial charge in [-0.25, -0.2) is 0 Å². The molecule has 2 heteroatoms. The minimum absolute atomic E-state index is 0.967. The first-order chi connectivity index (χ1) is 8.29. The molecule has 0 N–H and O–H groups in total. The molecule has 0 unspecified atom stereocenters. The van der Waals surface area contributed by atoms with Gasteiger partial charge in [-0.05, 0) is 31.0 Å². The third-order valence-electron chi connectivity index (χ3n) is 3.20. The second-order valence-electron chi connectivity index (χ2n) is 4.31. The second kappa shape index (κ2) is 3.81. The van der Waals surface area contributed by atoms with Crippen molar-refractivity contribution < 1.29 is 0 Å². The Kier molecular flexibility index (Phi) is 2.29. The number of benzene rings is 1. The molecule has 2 nitrogen and oxygen atoms in total. The average molecular weight is 222 g/mol. The third kappa shape index (κ3) is 1.57. The van der Waals surface area contributed by atoms with Gasteiger partial charge in [0.05, 0.1) is 17.2 Å². The normalized spacial score (nSPS) is 11.2. The Bertz CT molecular complexity index is 702. The Morgan fingerprint density at radius 1 is 1.06 bits per heavy atom. The summed E-state index contributed by atoms with van der Waals surface area (Å²) in [5.74, 6) is 0. The predicted octanol–water partition coefficient (Wildman–Crippen LogP) is 3.65. The molecule has 3 rings (SSSR count). The Morgan fingerprint density at radius 3 is 2.71 bits per heavy atom. The molecule has 17 heavy (non-hydrogen) atoms. The van der Waals surface area contributed by atoms with Gasteiger partial charge in [-0.3, -0.25) is 9.97 Å². The molecule has 0 amide bonds. The number of rotatable bonds is 1. The number of aryl methyl sites for hydroxylation is 2. The molecule has 0 radical (unpaired) electrons. The van der Waals surface area contributed by atoms with Gasteiger partial charge in [0.2, 0.25) is 0 Å². The minimum atomic E-state index is 0.967. The van der Waals surface area contributed by atoms with Crippen LogP contribution in [0.2, 0.25) is 0 Å². The molecule has 2 heterocycles. The van der Waals surface area contributed by atoms with E-state index in [1.807, 2.05) is 24.4 Å². The highest BCUT2D eigenvalue weighted by Gasteiger charge is 2.05.